The topological polar surface area (TPSA) is 69.6 Å². The van der Waals surface area contributed by atoms with E-state index in [2.05, 4.69) is 19.2 Å². The Morgan fingerprint density at radius 2 is 1.90 bits per heavy atom. The van der Waals surface area contributed by atoms with E-state index in [0.717, 1.165) is 6.42 Å². The molecule has 0 bridgehead atoms. The zero-order chi connectivity index (χ0) is 15.2. The highest BCUT2D eigenvalue weighted by Crippen LogP contribution is 2.59. The third kappa shape index (κ3) is 2.62. The van der Waals surface area contributed by atoms with Gasteiger partial charge in [0, 0.05) is 12.1 Å². The molecule has 0 aromatic carbocycles. The summed E-state index contributed by atoms with van der Waals surface area (Å²) in [7, 11) is 0. The summed E-state index contributed by atoms with van der Waals surface area (Å²) in [6.07, 6.45) is 6.77. The first-order valence-corrected chi connectivity index (χ1v) is 8.24. The molecule has 5 heteroatoms. The van der Waals surface area contributed by atoms with Gasteiger partial charge in [0.15, 0.2) is 0 Å². The van der Waals surface area contributed by atoms with Crippen LogP contribution in [0.5, 0.6) is 0 Å². The fraction of sp³-hybridized carbons (Fsp3) is 0.875. The maximum absolute atomic E-state index is 12.5. The largest absolute Gasteiger partial charge is 0.465 e. The Balaban J connectivity index is 1.61. The molecular weight excluding hydrogens is 268 g/mol. The van der Waals surface area contributed by atoms with Gasteiger partial charge in [0.25, 0.3) is 0 Å². The Morgan fingerprint density at radius 1 is 1.24 bits per heavy atom. The highest BCUT2D eigenvalue weighted by molar-refractivity contribution is 5.87. The highest BCUT2D eigenvalue weighted by Gasteiger charge is 2.64. The van der Waals surface area contributed by atoms with Crippen LogP contribution in [-0.2, 0) is 4.79 Å². The number of carboxylic acid groups (broad SMARTS) is 1. The predicted molar refractivity (Wildman–Crippen MR) is 79.0 cm³/mol. The lowest BCUT2D eigenvalue weighted by Gasteiger charge is -2.31. The first kappa shape index (κ1) is 14.7. The van der Waals surface area contributed by atoms with Crippen molar-refractivity contribution in [3.8, 4) is 0 Å². The van der Waals surface area contributed by atoms with Crippen LogP contribution in [0.1, 0.15) is 58.8 Å². The van der Waals surface area contributed by atoms with Gasteiger partial charge in [0.05, 0.1) is 0 Å². The Kier molecular flexibility index (Phi) is 3.62. The van der Waals surface area contributed by atoms with E-state index >= 15 is 0 Å². The molecule has 0 aromatic heterocycles. The molecule has 1 heterocycles. The van der Waals surface area contributed by atoms with E-state index in [1.807, 2.05) is 0 Å². The molecule has 5 nitrogen and oxygen atoms in total. The van der Waals surface area contributed by atoms with Gasteiger partial charge < -0.3 is 10.4 Å². The molecule has 0 radical (unpaired) electrons. The van der Waals surface area contributed by atoms with Gasteiger partial charge in [-0.15, -0.1) is 0 Å². The molecule has 21 heavy (non-hydrogen) atoms. The number of nitrogens with one attached hydrogen (secondary N) is 1. The summed E-state index contributed by atoms with van der Waals surface area (Å²) < 4.78 is 0. The lowest BCUT2D eigenvalue weighted by Crippen LogP contribution is -2.51. The van der Waals surface area contributed by atoms with Crippen LogP contribution in [0.3, 0.4) is 0 Å². The lowest BCUT2D eigenvalue weighted by molar-refractivity contribution is -0.126. The summed E-state index contributed by atoms with van der Waals surface area (Å²) in [5.41, 5.74) is 0.0362. The second kappa shape index (κ2) is 5.18. The molecule has 2 aliphatic carbocycles. The molecule has 0 spiro atoms. The van der Waals surface area contributed by atoms with E-state index in [-0.39, 0.29) is 23.4 Å². The third-order valence-electron chi connectivity index (χ3n) is 5.89. The van der Waals surface area contributed by atoms with Crippen LogP contribution >= 0.6 is 0 Å². The fourth-order valence-electron chi connectivity index (χ4n) is 4.35. The number of carbonyl (C=O) groups is 2. The number of hydrogen-bond donors (Lipinski definition) is 2. The summed E-state index contributed by atoms with van der Waals surface area (Å²) in [6, 6.07) is -0.286. The molecule has 3 rings (SSSR count). The Hall–Kier alpha value is -1.26. The van der Waals surface area contributed by atoms with E-state index in [1.165, 1.54) is 37.0 Å². The van der Waals surface area contributed by atoms with Crippen LogP contribution < -0.4 is 5.32 Å². The summed E-state index contributed by atoms with van der Waals surface area (Å²) >= 11 is 0. The summed E-state index contributed by atoms with van der Waals surface area (Å²) in [5, 5.41) is 12.5. The van der Waals surface area contributed by atoms with Crippen molar-refractivity contribution in [3.63, 3.8) is 0 Å². The van der Waals surface area contributed by atoms with Crippen LogP contribution in [0.2, 0.25) is 0 Å². The van der Waals surface area contributed by atoms with Gasteiger partial charge in [-0.2, -0.15) is 0 Å². The molecule has 4 atom stereocenters. The van der Waals surface area contributed by atoms with Gasteiger partial charge in [-0.05, 0) is 43.9 Å². The Labute approximate surface area is 126 Å². The maximum atomic E-state index is 12.5. The van der Waals surface area contributed by atoms with Crippen molar-refractivity contribution in [2.45, 2.75) is 76.9 Å². The number of rotatable bonds is 3. The van der Waals surface area contributed by atoms with Gasteiger partial charge in [-0.25, -0.2) is 4.79 Å². The Bertz CT molecular complexity index is 447. The highest BCUT2D eigenvalue weighted by atomic mass is 16.4. The van der Waals surface area contributed by atoms with Gasteiger partial charge in [0.2, 0.25) is 5.91 Å². The van der Waals surface area contributed by atoms with Crippen LogP contribution in [0, 0.1) is 11.3 Å². The summed E-state index contributed by atoms with van der Waals surface area (Å²) in [4.78, 5) is 25.3. The first-order valence-electron chi connectivity index (χ1n) is 8.24. The quantitative estimate of drug-likeness (QED) is 0.840. The Morgan fingerprint density at radius 3 is 2.52 bits per heavy atom. The van der Waals surface area contributed by atoms with E-state index < -0.39 is 12.1 Å². The first-order chi connectivity index (χ1) is 9.92. The second-order valence-electron chi connectivity index (χ2n) is 7.48. The molecular formula is C16H26N2O3. The van der Waals surface area contributed by atoms with E-state index in [9.17, 15) is 14.7 Å². The zero-order valence-electron chi connectivity index (χ0n) is 13.0. The van der Waals surface area contributed by atoms with Crippen molar-refractivity contribution in [2.75, 3.05) is 0 Å². The number of likely N-dealkylation sites (tertiary alicyclic amines) is 1. The minimum atomic E-state index is -0.952. The van der Waals surface area contributed by atoms with E-state index in [4.69, 9.17) is 0 Å². The number of piperidine rings is 1. The second-order valence-corrected chi connectivity index (χ2v) is 7.48. The van der Waals surface area contributed by atoms with Gasteiger partial charge >= 0.3 is 6.09 Å². The minimum Gasteiger partial charge on any atom is -0.465 e. The standard InChI is InChI=1S/C16H26N2O3/c1-10(11-6-4-3-5-7-11)17-14(19)12-8-16(2)9-13(16)18(12)15(20)21/h10-13H,3-9H2,1-2H3,(H,17,19)(H,20,21)/t10-,12-,13+,16-/m0/s1. The lowest BCUT2D eigenvalue weighted by atomic mass is 9.84. The van der Waals surface area contributed by atoms with Crippen molar-refractivity contribution < 1.29 is 14.7 Å². The minimum absolute atomic E-state index is 0.0362. The monoisotopic (exact) mass is 294 g/mol. The van der Waals surface area contributed by atoms with E-state index in [0.29, 0.717) is 12.3 Å². The average Bonchev–Trinajstić information content (AvgIpc) is 3.00. The predicted octanol–water partition coefficient (Wildman–Crippen LogP) is 2.60. The van der Waals surface area contributed by atoms with Crippen molar-refractivity contribution in [1.29, 1.82) is 0 Å². The molecule has 0 unspecified atom stereocenters. The summed E-state index contributed by atoms with van der Waals surface area (Å²) in [5.74, 6) is 0.455. The normalized spacial score (nSPS) is 37.0. The molecule has 118 valence electrons. The molecule has 2 amide bonds. The van der Waals surface area contributed by atoms with Crippen LogP contribution in [-0.4, -0.2) is 40.1 Å². The van der Waals surface area contributed by atoms with Crippen molar-refractivity contribution in [1.82, 2.24) is 10.2 Å². The molecule has 3 aliphatic rings. The zero-order valence-corrected chi connectivity index (χ0v) is 13.0. The van der Waals surface area contributed by atoms with Gasteiger partial charge in [-0.3, -0.25) is 9.69 Å². The molecule has 1 aliphatic heterocycles. The maximum Gasteiger partial charge on any atom is 0.408 e. The van der Waals surface area contributed by atoms with Crippen molar-refractivity contribution >= 4 is 12.0 Å². The van der Waals surface area contributed by atoms with Crippen molar-refractivity contribution in [2.24, 2.45) is 11.3 Å². The third-order valence-corrected chi connectivity index (χ3v) is 5.89. The number of fused-ring (bicyclic) bond motifs is 1. The molecule has 1 saturated heterocycles. The molecule has 2 N–H and O–H groups in total. The number of carbonyl (C=O) groups excluding carboxylic acids is 1. The van der Waals surface area contributed by atoms with Crippen molar-refractivity contribution in [3.05, 3.63) is 0 Å². The fourth-order valence-corrected chi connectivity index (χ4v) is 4.35. The average molecular weight is 294 g/mol. The van der Waals surface area contributed by atoms with Crippen LogP contribution in [0.25, 0.3) is 0 Å². The number of nitrogens with zero attached hydrogens (tertiary/aromatic N) is 1. The SMILES string of the molecule is C[C@H](NC(=O)[C@@H]1C[C@@]2(C)C[C@H]2N1C(=O)O)C1CCCCC1. The van der Waals surface area contributed by atoms with Crippen LogP contribution in [0.4, 0.5) is 4.79 Å². The van der Waals surface area contributed by atoms with E-state index in [1.54, 1.807) is 0 Å². The summed E-state index contributed by atoms with van der Waals surface area (Å²) in [6.45, 7) is 4.15. The molecule has 2 saturated carbocycles. The van der Waals surface area contributed by atoms with Gasteiger partial charge in [0.1, 0.15) is 6.04 Å². The number of hydrogen-bond acceptors (Lipinski definition) is 2. The molecule has 0 aromatic rings. The molecule has 3 fully saturated rings. The smallest absolute Gasteiger partial charge is 0.408 e. The van der Waals surface area contributed by atoms with Gasteiger partial charge in [-0.1, -0.05) is 26.2 Å². The number of amides is 2. The van der Waals surface area contributed by atoms with Crippen LogP contribution in [0.15, 0.2) is 0 Å².